The predicted octanol–water partition coefficient (Wildman–Crippen LogP) is 5.03. The topological polar surface area (TPSA) is 42.0 Å². The summed E-state index contributed by atoms with van der Waals surface area (Å²) in [6.45, 7) is 9.43. The smallest absolute Gasteiger partial charge is 0.412 e. The van der Waals surface area contributed by atoms with Gasteiger partial charge in [-0.3, -0.25) is 9.80 Å². The summed E-state index contributed by atoms with van der Waals surface area (Å²) >= 11 is 0. The fourth-order valence-corrected chi connectivity index (χ4v) is 4.72. The molecule has 1 spiro atoms. The summed E-state index contributed by atoms with van der Waals surface area (Å²) in [7, 11) is 0. The highest BCUT2D eigenvalue weighted by Crippen LogP contribution is 2.39. The van der Waals surface area contributed by atoms with Crippen molar-refractivity contribution in [2.24, 2.45) is 0 Å². The van der Waals surface area contributed by atoms with Gasteiger partial charge in [0.2, 0.25) is 0 Å². The number of likely N-dealkylation sites (tertiary alicyclic amines) is 1. The molecule has 2 saturated heterocycles. The Hall–Kier alpha value is -2.37. The quantitative estimate of drug-likeness (QED) is 0.696. The Morgan fingerprint density at radius 3 is 2.39 bits per heavy atom. The molecule has 2 aromatic carbocycles. The first-order valence-corrected chi connectivity index (χ1v) is 11.3. The molecule has 2 aliphatic heterocycles. The van der Waals surface area contributed by atoms with E-state index >= 15 is 0 Å². The van der Waals surface area contributed by atoms with Gasteiger partial charge in [-0.25, -0.2) is 4.79 Å². The van der Waals surface area contributed by atoms with Gasteiger partial charge in [0.1, 0.15) is 12.3 Å². The number of hydrogen-bond donors (Lipinski definition) is 0. The van der Waals surface area contributed by atoms with Crippen LogP contribution in [0.5, 0.6) is 0 Å². The van der Waals surface area contributed by atoms with Gasteiger partial charge in [0, 0.05) is 26.2 Å². The third kappa shape index (κ3) is 5.66. The Morgan fingerprint density at radius 2 is 1.77 bits per heavy atom. The normalized spacial score (nSPS) is 24.9. The molecule has 0 aromatic heterocycles. The van der Waals surface area contributed by atoms with Gasteiger partial charge in [0.25, 0.3) is 0 Å². The van der Waals surface area contributed by atoms with Gasteiger partial charge in [-0.05, 0) is 50.7 Å². The van der Waals surface area contributed by atoms with Crippen molar-refractivity contribution in [3.63, 3.8) is 0 Å². The minimum atomic E-state index is -0.498. The Labute approximate surface area is 185 Å². The first-order valence-electron chi connectivity index (χ1n) is 11.3. The number of benzene rings is 2. The highest BCUT2D eigenvalue weighted by Gasteiger charge is 2.44. The molecule has 0 N–H and O–H groups in total. The predicted molar refractivity (Wildman–Crippen MR) is 122 cm³/mol. The molecule has 166 valence electrons. The van der Waals surface area contributed by atoms with Crippen LogP contribution in [0.2, 0.25) is 0 Å². The second kappa shape index (κ2) is 9.01. The van der Waals surface area contributed by atoms with Gasteiger partial charge in [-0.15, -0.1) is 0 Å². The van der Waals surface area contributed by atoms with E-state index in [2.05, 4.69) is 65.6 Å². The van der Waals surface area contributed by atoms with Crippen molar-refractivity contribution >= 4 is 6.09 Å². The zero-order valence-corrected chi connectivity index (χ0v) is 18.9. The van der Waals surface area contributed by atoms with Crippen LogP contribution in [0.25, 0.3) is 0 Å². The van der Waals surface area contributed by atoms with E-state index < -0.39 is 5.60 Å². The maximum absolute atomic E-state index is 12.5. The fourth-order valence-electron chi connectivity index (χ4n) is 4.72. The number of carbonyl (C=O) groups excluding carboxylic acids is 1. The van der Waals surface area contributed by atoms with Crippen LogP contribution in [0.1, 0.15) is 50.7 Å². The molecule has 31 heavy (non-hydrogen) atoms. The Balaban J connectivity index is 1.49. The maximum atomic E-state index is 12.5. The Kier molecular flexibility index (Phi) is 6.35. The molecule has 4 rings (SSSR count). The summed E-state index contributed by atoms with van der Waals surface area (Å²) < 4.78 is 12.0. The van der Waals surface area contributed by atoms with Crippen molar-refractivity contribution in [3.8, 4) is 0 Å². The molecule has 5 heteroatoms. The average Bonchev–Trinajstić information content (AvgIpc) is 2.74. The number of ether oxygens (including phenoxy) is 2. The van der Waals surface area contributed by atoms with Crippen molar-refractivity contribution < 1.29 is 14.3 Å². The fraction of sp³-hybridized carbons (Fsp3) is 0.500. The molecule has 2 aliphatic rings. The molecule has 2 fully saturated rings. The minimum Gasteiger partial charge on any atom is -0.444 e. The Bertz CT molecular complexity index is 855. The van der Waals surface area contributed by atoms with Gasteiger partial charge in [-0.2, -0.15) is 0 Å². The number of nitrogens with zero attached hydrogens (tertiary/aromatic N) is 2. The van der Waals surface area contributed by atoms with E-state index in [0.717, 1.165) is 32.5 Å². The highest BCUT2D eigenvalue weighted by atomic mass is 16.6. The molecule has 0 radical (unpaired) electrons. The van der Waals surface area contributed by atoms with Gasteiger partial charge >= 0.3 is 6.09 Å². The minimum absolute atomic E-state index is 0.244. The van der Waals surface area contributed by atoms with E-state index in [1.807, 2.05) is 20.8 Å². The lowest BCUT2D eigenvalue weighted by Gasteiger charge is -2.49. The van der Waals surface area contributed by atoms with Gasteiger partial charge in [0.05, 0.1) is 5.60 Å². The van der Waals surface area contributed by atoms with Gasteiger partial charge in [0.15, 0.2) is 0 Å². The largest absolute Gasteiger partial charge is 0.444 e. The van der Waals surface area contributed by atoms with E-state index in [4.69, 9.17) is 9.47 Å². The molecule has 0 aliphatic carbocycles. The van der Waals surface area contributed by atoms with Gasteiger partial charge < -0.3 is 9.47 Å². The standard InChI is InChI=1S/C26H34N2O3/c1-25(2,3)31-24(29)28-15-14-26(30-20-28)16-23(22-12-8-5-9-13-22)18-27(19-26)17-21-10-6-4-7-11-21/h4-13,23H,14-20H2,1-3H3. The lowest BCUT2D eigenvalue weighted by atomic mass is 9.79. The second-order valence-corrected chi connectivity index (χ2v) is 9.92. The lowest BCUT2D eigenvalue weighted by molar-refractivity contribution is -0.163. The highest BCUT2D eigenvalue weighted by molar-refractivity contribution is 5.68. The van der Waals surface area contributed by atoms with Crippen LogP contribution in [0.3, 0.4) is 0 Å². The van der Waals surface area contributed by atoms with Crippen LogP contribution in [-0.4, -0.2) is 53.5 Å². The summed E-state index contributed by atoms with van der Waals surface area (Å²) in [5.74, 6) is 0.409. The first-order chi connectivity index (χ1) is 14.8. The summed E-state index contributed by atoms with van der Waals surface area (Å²) in [5.41, 5.74) is 1.93. The van der Waals surface area contributed by atoms with E-state index in [0.29, 0.717) is 12.5 Å². The summed E-state index contributed by atoms with van der Waals surface area (Å²) in [6, 6.07) is 21.4. The van der Waals surface area contributed by atoms with Crippen LogP contribution in [0, 0.1) is 0 Å². The van der Waals surface area contributed by atoms with Crippen LogP contribution in [0.4, 0.5) is 4.79 Å². The molecule has 2 atom stereocenters. The van der Waals surface area contributed by atoms with Crippen LogP contribution in [-0.2, 0) is 16.0 Å². The van der Waals surface area contributed by atoms with E-state index in [9.17, 15) is 4.79 Å². The van der Waals surface area contributed by atoms with E-state index in [1.165, 1.54) is 11.1 Å². The number of amides is 1. The van der Waals surface area contributed by atoms with Crippen molar-refractivity contribution in [2.75, 3.05) is 26.4 Å². The first kappa shape index (κ1) is 21.8. The second-order valence-electron chi connectivity index (χ2n) is 9.92. The maximum Gasteiger partial charge on any atom is 0.412 e. The van der Waals surface area contributed by atoms with Crippen molar-refractivity contribution in [1.82, 2.24) is 9.80 Å². The van der Waals surface area contributed by atoms with Crippen LogP contribution < -0.4 is 0 Å². The van der Waals surface area contributed by atoms with Crippen molar-refractivity contribution in [2.45, 2.75) is 57.3 Å². The third-order valence-electron chi connectivity index (χ3n) is 6.14. The average molecular weight is 423 g/mol. The van der Waals surface area contributed by atoms with Gasteiger partial charge in [-0.1, -0.05) is 60.7 Å². The van der Waals surface area contributed by atoms with E-state index in [1.54, 1.807) is 4.90 Å². The lowest BCUT2D eigenvalue weighted by Crippen LogP contribution is -2.58. The molecule has 0 bridgehead atoms. The summed E-state index contributed by atoms with van der Waals surface area (Å²) in [5, 5.41) is 0. The van der Waals surface area contributed by atoms with Crippen molar-refractivity contribution in [1.29, 1.82) is 0 Å². The molecule has 2 unspecified atom stereocenters. The van der Waals surface area contributed by atoms with Crippen LogP contribution in [0.15, 0.2) is 60.7 Å². The zero-order chi connectivity index (χ0) is 21.9. The molecule has 1 amide bonds. The SMILES string of the molecule is CC(C)(C)OC(=O)N1CCC2(CC(c3ccccc3)CN(Cc3ccccc3)C2)OC1. The summed E-state index contributed by atoms with van der Waals surface area (Å²) in [4.78, 5) is 16.7. The molecule has 0 saturated carbocycles. The monoisotopic (exact) mass is 422 g/mol. The summed E-state index contributed by atoms with van der Waals surface area (Å²) in [6.07, 6.45) is 1.50. The zero-order valence-electron chi connectivity index (χ0n) is 18.9. The van der Waals surface area contributed by atoms with Crippen LogP contribution >= 0.6 is 0 Å². The number of hydrogen-bond acceptors (Lipinski definition) is 4. The molecule has 2 heterocycles. The molecule has 5 nitrogen and oxygen atoms in total. The van der Waals surface area contributed by atoms with E-state index in [-0.39, 0.29) is 18.4 Å². The molecule has 2 aromatic rings. The third-order valence-corrected chi connectivity index (χ3v) is 6.14. The molecular formula is C26H34N2O3. The number of piperidine rings is 1. The van der Waals surface area contributed by atoms with Crippen molar-refractivity contribution in [3.05, 3.63) is 71.8 Å². The number of carbonyl (C=O) groups is 1. The number of rotatable bonds is 3. The molecular weight excluding hydrogens is 388 g/mol. The Morgan fingerprint density at radius 1 is 1.10 bits per heavy atom.